The molecule has 3 rings (SSSR count). The maximum absolute atomic E-state index is 13.0. The Labute approximate surface area is 207 Å². The predicted octanol–water partition coefficient (Wildman–Crippen LogP) is 0.266. The molecule has 2 unspecified atom stereocenters. The fourth-order valence-electron chi connectivity index (χ4n) is 3.29. The molecule has 3 atom stereocenters. The van der Waals surface area contributed by atoms with Gasteiger partial charge in [-0.05, 0) is 12.5 Å². The summed E-state index contributed by atoms with van der Waals surface area (Å²) in [5, 5.41) is 15.7. The summed E-state index contributed by atoms with van der Waals surface area (Å²) in [6.07, 6.45) is -2.30. The summed E-state index contributed by atoms with van der Waals surface area (Å²) < 4.78 is 19.8. The summed E-state index contributed by atoms with van der Waals surface area (Å²) in [6, 6.07) is -1.01. The fraction of sp³-hybridized carbons (Fsp3) is 0.474. The van der Waals surface area contributed by atoms with Crippen LogP contribution in [0, 0.1) is 0 Å². The highest BCUT2D eigenvalue weighted by atomic mass is 32.2. The van der Waals surface area contributed by atoms with Crippen molar-refractivity contribution >= 4 is 57.9 Å². The minimum absolute atomic E-state index is 0.0463. The minimum atomic E-state index is -1.29. The van der Waals surface area contributed by atoms with E-state index in [-0.39, 0.29) is 29.7 Å². The van der Waals surface area contributed by atoms with Crippen molar-refractivity contribution in [1.29, 1.82) is 0 Å². The Kier molecular flexibility index (Phi) is 8.52. The van der Waals surface area contributed by atoms with Gasteiger partial charge in [0.15, 0.2) is 10.8 Å². The molecule has 4 N–H and O–H groups in total. The molecular formula is C19H23N5O9S2. The number of thioether (sulfide) groups is 1. The second-order valence-electron chi connectivity index (χ2n) is 7.04. The van der Waals surface area contributed by atoms with Crippen molar-refractivity contribution in [2.24, 2.45) is 5.16 Å². The second kappa shape index (κ2) is 11.4. The van der Waals surface area contributed by atoms with E-state index in [9.17, 15) is 24.4 Å². The topological polar surface area (TPSA) is 192 Å². The number of carbonyl (C=O) groups excluding carboxylic acids is 4. The molecule has 0 saturated carbocycles. The molecule has 1 aromatic heterocycles. The number of β-lactam (4-membered cyclic amide) rings is 1. The minimum Gasteiger partial charge on any atom is -0.435 e. The third-order valence-corrected chi connectivity index (χ3v) is 6.74. The molecule has 0 spiro atoms. The first-order chi connectivity index (χ1) is 16.7. The SMILES string of the molecule is CCOC(=O)OC(C)OC(=O)C1=C(COC)CS[C@@H]2C(NC(=O)C(=NO)c3csc(N)n3)C(=O)N12. The van der Waals surface area contributed by atoms with Crippen molar-refractivity contribution in [3.63, 3.8) is 0 Å². The van der Waals surface area contributed by atoms with Crippen LogP contribution in [0.15, 0.2) is 21.8 Å². The van der Waals surface area contributed by atoms with Crippen molar-refractivity contribution in [3.05, 3.63) is 22.3 Å². The Morgan fingerprint density at radius 2 is 2.14 bits per heavy atom. The third kappa shape index (κ3) is 5.66. The van der Waals surface area contributed by atoms with Gasteiger partial charge < -0.3 is 35.2 Å². The summed E-state index contributed by atoms with van der Waals surface area (Å²) in [5.74, 6) is -2.04. The standard InChI is InChI=1S/C19H23N5O9S2/c1-4-31-19(28)33-8(2)32-17(27)13-9(5-30-3)6-34-16-12(15(26)24(13)16)22-14(25)11(23-29)10-7-35-18(20)21-10/h7-8,12,16,29H,4-6H2,1-3H3,(H2,20,21)(H,22,25)/t8?,12?,16-/m1/s1. The molecule has 2 aliphatic rings. The number of oxime groups is 1. The number of nitrogen functional groups attached to an aromatic ring is 1. The highest BCUT2D eigenvalue weighted by Gasteiger charge is 2.55. The highest BCUT2D eigenvalue weighted by Crippen LogP contribution is 2.40. The number of amides is 2. The van der Waals surface area contributed by atoms with Crippen molar-refractivity contribution in [3.8, 4) is 0 Å². The van der Waals surface area contributed by atoms with E-state index in [2.05, 4.69) is 20.2 Å². The monoisotopic (exact) mass is 529 g/mol. The van der Waals surface area contributed by atoms with Gasteiger partial charge in [-0.1, -0.05) is 5.16 Å². The summed E-state index contributed by atoms with van der Waals surface area (Å²) >= 11 is 2.34. The van der Waals surface area contributed by atoms with Gasteiger partial charge in [-0.3, -0.25) is 14.5 Å². The molecule has 0 bridgehead atoms. The zero-order valence-electron chi connectivity index (χ0n) is 18.9. The van der Waals surface area contributed by atoms with Gasteiger partial charge in [-0.25, -0.2) is 14.6 Å². The van der Waals surface area contributed by atoms with Gasteiger partial charge in [-0.2, -0.15) is 0 Å². The molecule has 190 valence electrons. The van der Waals surface area contributed by atoms with Crippen LogP contribution in [-0.4, -0.2) is 88.5 Å². The van der Waals surface area contributed by atoms with Crippen molar-refractivity contribution in [2.45, 2.75) is 31.6 Å². The van der Waals surface area contributed by atoms with Gasteiger partial charge >= 0.3 is 12.1 Å². The van der Waals surface area contributed by atoms with Crippen LogP contribution in [0.2, 0.25) is 0 Å². The fourth-order valence-corrected chi connectivity index (χ4v) is 5.17. The lowest BCUT2D eigenvalue weighted by atomic mass is 10.0. The quantitative estimate of drug-likeness (QED) is 0.0989. The molecule has 2 amide bonds. The number of nitrogens with two attached hydrogens (primary N) is 1. The van der Waals surface area contributed by atoms with Crippen LogP contribution >= 0.6 is 23.1 Å². The molecule has 0 radical (unpaired) electrons. The number of esters is 1. The van der Waals surface area contributed by atoms with Gasteiger partial charge in [0.1, 0.15) is 22.8 Å². The zero-order chi connectivity index (χ0) is 25.7. The van der Waals surface area contributed by atoms with Crippen LogP contribution in [0.4, 0.5) is 9.93 Å². The number of hydrogen-bond acceptors (Lipinski definition) is 14. The average molecular weight is 530 g/mol. The molecule has 35 heavy (non-hydrogen) atoms. The Balaban J connectivity index is 1.73. The Morgan fingerprint density at radius 1 is 1.40 bits per heavy atom. The number of ether oxygens (including phenoxy) is 4. The Morgan fingerprint density at radius 3 is 2.74 bits per heavy atom. The molecule has 1 fully saturated rings. The third-order valence-electron chi connectivity index (χ3n) is 4.72. The van der Waals surface area contributed by atoms with Gasteiger partial charge in [0.2, 0.25) is 6.29 Å². The highest BCUT2D eigenvalue weighted by molar-refractivity contribution is 8.00. The number of nitrogens with one attached hydrogen (secondary N) is 1. The van der Waals surface area contributed by atoms with Crippen molar-refractivity contribution in [2.75, 3.05) is 31.8 Å². The Bertz CT molecular complexity index is 1070. The van der Waals surface area contributed by atoms with E-state index < -0.39 is 47.4 Å². The lowest BCUT2D eigenvalue weighted by molar-refractivity contribution is -0.169. The van der Waals surface area contributed by atoms with Crippen LogP contribution < -0.4 is 11.1 Å². The molecule has 1 saturated heterocycles. The summed E-state index contributed by atoms with van der Waals surface area (Å²) in [6.45, 7) is 3.04. The van der Waals surface area contributed by atoms with Crippen LogP contribution in [0.3, 0.4) is 0 Å². The smallest absolute Gasteiger partial charge is 0.435 e. The number of rotatable bonds is 9. The van der Waals surface area contributed by atoms with E-state index >= 15 is 0 Å². The van der Waals surface area contributed by atoms with Crippen LogP contribution in [0.1, 0.15) is 19.5 Å². The van der Waals surface area contributed by atoms with Gasteiger partial charge in [0.25, 0.3) is 11.8 Å². The molecule has 16 heteroatoms. The first-order valence-corrected chi connectivity index (χ1v) is 12.1. The maximum Gasteiger partial charge on any atom is 0.511 e. The normalized spacial score (nSPS) is 20.5. The second-order valence-corrected chi connectivity index (χ2v) is 9.03. The number of methoxy groups -OCH3 is 1. The molecule has 1 aromatic rings. The number of aromatic nitrogens is 1. The van der Waals surface area contributed by atoms with Gasteiger partial charge in [-0.15, -0.1) is 23.1 Å². The van der Waals surface area contributed by atoms with E-state index in [4.69, 9.17) is 19.9 Å². The maximum atomic E-state index is 13.0. The van der Waals surface area contributed by atoms with E-state index in [1.54, 1.807) is 6.92 Å². The predicted molar refractivity (Wildman–Crippen MR) is 122 cm³/mol. The molecule has 0 aliphatic carbocycles. The molecule has 0 aromatic carbocycles. The molecule has 14 nitrogen and oxygen atoms in total. The van der Waals surface area contributed by atoms with E-state index in [1.807, 2.05) is 0 Å². The largest absolute Gasteiger partial charge is 0.511 e. The summed E-state index contributed by atoms with van der Waals surface area (Å²) in [4.78, 5) is 55.1. The molecular weight excluding hydrogens is 506 g/mol. The van der Waals surface area contributed by atoms with Crippen LogP contribution in [0.25, 0.3) is 0 Å². The zero-order valence-corrected chi connectivity index (χ0v) is 20.5. The van der Waals surface area contributed by atoms with Crippen LogP contribution in [0.5, 0.6) is 0 Å². The summed E-state index contributed by atoms with van der Waals surface area (Å²) in [7, 11) is 1.43. The van der Waals surface area contributed by atoms with E-state index in [0.717, 1.165) is 11.3 Å². The van der Waals surface area contributed by atoms with Gasteiger partial charge in [0.05, 0.1) is 13.2 Å². The molecule has 2 aliphatic heterocycles. The Hall–Kier alpha value is -3.37. The van der Waals surface area contributed by atoms with E-state index in [0.29, 0.717) is 11.3 Å². The summed E-state index contributed by atoms with van der Waals surface area (Å²) in [5.41, 5.74) is 5.62. The lowest BCUT2D eigenvalue weighted by Crippen LogP contribution is -2.71. The number of fused-ring (bicyclic) bond motifs is 1. The molecule has 3 heterocycles. The number of carbonyl (C=O) groups is 4. The number of hydrogen-bond donors (Lipinski definition) is 3. The van der Waals surface area contributed by atoms with Crippen molar-refractivity contribution in [1.82, 2.24) is 15.2 Å². The number of nitrogens with zero attached hydrogens (tertiary/aromatic N) is 3. The van der Waals surface area contributed by atoms with E-state index in [1.165, 1.54) is 36.1 Å². The van der Waals surface area contributed by atoms with Gasteiger partial charge in [0, 0.05) is 25.2 Å². The van der Waals surface area contributed by atoms with Crippen molar-refractivity contribution < 1.29 is 43.3 Å². The van der Waals surface area contributed by atoms with Crippen LogP contribution in [-0.2, 0) is 33.3 Å². The first kappa shape index (κ1) is 26.2. The lowest BCUT2D eigenvalue weighted by Gasteiger charge is -2.49. The average Bonchev–Trinajstić information content (AvgIpc) is 3.23. The number of anilines is 1. The number of thiazole rings is 1. The first-order valence-electron chi connectivity index (χ1n) is 10.2.